The molecule has 19 heteroatoms. The molecule has 0 aromatic rings. The van der Waals surface area contributed by atoms with Gasteiger partial charge >= 0.3 is 35.5 Å². The van der Waals surface area contributed by atoms with E-state index >= 15 is 0 Å². The Morgan fingerprint density at radius 3 is 2.22 bits per heavy atom. The van der Waals surface area contributed by atoms with Gasteiger partial charge in [0.05, 0.1) is 36.6 Å². The second-order valence-electron chi connectivity index (χ2n) is 20.6. The van der Waals surface area contributed by atoms with Gasteiger partial charge in [-0.3, -0.25) is 8.98 Å². The first kappa shape index (κ1) is 47.6. The summed E-state index contributed by atoms with van der Waals surface area (Å²) in [6, 6.07) is 0. The Bertz CT molecular complexity index is 1810. The van der Waals surface area contributed by atoms with Crippen molar-refractivity contribution < 1.29 is 111 Å². The average Bonchev–Trinajstić information content (AvgIpc) is 3.69. The Morgan fingerprint density at radius 1 is 0.900 bits per heavy atom. The Balaban J connectivity index is 0.00000544. The molecule has 17 nitrogen and oxygen atoms in total. The van der Waals surface area contributed by atoms with Crippen molar-refractivity contribution in [3.63, 3.8) is 0 Å². The molecule has 8 rings (SSSR count). The molecule has 6 N–H and O–H groups in total. The molecule has 8 aliphatic rings. The fraction of sp³-hybridized carbons (Fsp3) is 0.927. The van der Waals surface area contributed by atoms with Gasteiger partial charge in [-0.1, -0.05) is 46.3 Å². The average molecular weight is 883 g/mol. The van der Waals surface area contributed by atoms with Crippen LogP contribution in [-0.4, -0.2) is 147 Å². The first-order chi connectivity index (χ1) is 27.2. The van der Waals surface area contributed by atoms with Crippen LogP contribution in [0.3, 0.4) is 0 Å². The summed E-state index contributed by atoms with van der Waals surface area (Å²) in [6.07, 6.45) is -10.8. The predicted molar refractivity (Wildman–Crippen MR) is 201 cm³/mol. The minimum Gasteiger partial charge on any atom is -0.726 e. The van der Waals surface area contributed by atoms with E-state index < -0.39 is 130 Å². The number of aliphatic hydroxyl groups excluding tert-OH is 5. The quantitative estimate of drug-likeness (QED) is 0.0383. The Morgan fingerprint density at radius 2 is 1.58 bits per heavy atom. The van der Waals surface area contributed by atoms with Gasteiger partial charge in [-0.05, 0) is 93.8 Å². The van der Waals surface area contributed by atoms with E-state index in [1.807, 2.05) is 33.8 Å². The van der Waals surface area contributed by atoms with Crippen molar-refractivity contribution in [2.45, 2.75) is 191 Å². The summed E-state index contributed by atoms with van der Waals surface area (Å²) in [5.41, 5.74) is -4.45. The summed E-state index contributed by atoms with van der Waals surface area (Å²) in [4.78, 5) is 14.2. The summed E-state index contributed by atoms with van der Waals surface area (Å²) in [7, 11) is -5.29. The van der Waals surface area contributed by atoms with Crippen LogP contribution in [0.4, 0.5) is 0 Å². The second-order valence-corrected chi connectivity index (χ2v) is 21.6. The molecule has 7 fully saturated rings. The zero-order valence-electron chi connectivity index (χ0n) is 36.1. The first-order valence-corrected chi connectivity index (χ1v) is 22.5. The molecule has 4 aliphatic carbocycles. The van der Waals surface area contributed by atoms with Gasteiger partial charge < -0.3 is 63.6 Å². The van der Waals surface area contributed by atoms with E-state index in [1.165, 1.54) is 6.92 Å². The maximum atomic E-state index is 14.2. The standard InChI is InChI=1S/C41H64O17S.Na/c1-18(22-11-13-36(3,4)57-22)41(48)27-16-39(8)20-9-10-24-37(5,6)26(12-14-38(24,7)21(20)15-25(42)40(39,41)35(47)55-27)54-34-32(29(44)23(17-52-34)58-59(49,50)51)56-33-31(46)30(45)28(43)19(2)53-33;/h15,18-20,22-34,42-46,48H,9-14,16-17H2,1-8H3,(H,49,50,51);/q;+1/p-1/t18?,19-,20?,22?,23-,24?,25+,26?,27?,28-,29+,30+,31-,32-,33-,34+,38-,39+,40?,41-;/m1./s1. The minimum absolute atomic E-state index is 0. The number of rotatable bonds is 8. The van der Waals surface area contributed by atoms with Gasteiger partial charge in [-0.25, -0.2) is 8.42 Å². The van der Waals surface area contributed by atoms with Gasteiger partial charge in [0.2, 0.25) is 10.4 Å². The molecule has 4 heterocycles. The SMILES string of the molecule is CC(C1CCC(C)(C)O1)[C@@]1(O)C2C[C@@]3(C)C4CCC5C(C)(C)C(O[C@@H]6OC[C@@H](OS(=O)(=O)[O-])[C@H](O)[C@H]6O[C@H]6O[C@H](C)[C@@H](O)[C@H](O)[C@H]6O)CC[C@]5(C)C4=C[C@H](O)C13C(=O)O2.[Na+]. The molecule has 0 aromatic carbocycles. The third-order valence-corrected chi connectivity index (χ3v) is 17.2. The fourth-order valence-electron chi connectivity index (χ4n) is 13.7. The molecule has 4 aliphatic heterocycles. The number of hydrogen-bond donors (Lipinski definition) is 6. The molecule has 336 valence electrons. The Labute approximate surface area is 374 Å². The topological polar surface area (TPSA) is 260 Å². The third-order valence-electron chi connectivity index (χ3n) is 16.8. The van der Waals surface area contributed by atoms with Crippen molar-refractivity contribution in [1.82, 2.24) is 0 Å². The van der Waals surface area contributed by atoms with Gasteiger partial charge in [0, 0.05) is 5.92 Å². The van der Waals surface area contributed by atoms with E-state index in [0.717, 1.165) is 18.4 Å². The smallest absolute Gasteiger partial charge is 0.726 e. The van der Waals surface area contributed by atoms with Crippen LogP contribution in [0.1, 0.15) is 100 Å². The molecule has 0 aromatic heterocycles. The zero-order chi connectivity index (χ0) is 43.2. The Kier molecular flexibility index (Phi) is 12.4. The van der Waals surface area contributed by atoms with E-state index in [0.29, 0.717) is 32.1 Å². The number of carbonyl (C=O) groups excluding carboxylic acids is 1. The van der Waals surface area contributed by atoms with Crippen molar-refractivity contribution in [2.24, 2.45) is 39.4 Å². The molecule has 20 atom stereocenters. The van der Waals surface area contributed by atoms with Crippen LogP contribution < -0.4 is 29.6 Å². The van der Waals surface area contributed by atoms with Crippen LogP contribution in [0.5, 0.6) is 0 Å². The summed E-state index contributed by atoms with van der Waals surface area (Å²) in [5.74, 6) is -1.22. The molecule has 1 spiro atoms. The fourth-order valence-corrected chi connectivity index (χ4v) is 14.2. The first-order valence-electron chi connectivity index (χ1n) is 21.2. The molecule has 60 heavy (non-hydrogen) atoms. The van der Waals surface area contributed by atoms with E-state index in [2.05, 4.69) is 25.0 Å². The number of carbonyl (C=O) groups is 1. The largest absolute Gasteiger partial charge is 1.00 e. The van der Waals surface area contributed by atoms with Crippen LogP contribution in [0.25, 0.3) is 0 Å². The molecule has 0 amide bonds. The minimum atomic E-state index is -5.29. The van der Waals surface area contributed by atoms with Gasteiger partial charge in [-0.2, -0.15) is 0 Å². The maximum absolute atomic E-state index is 14.2. The van der Waals surface area contributed by atoms with Crippen LogP contribution in [0, 0.1) is 39.4 Å². The molecule has 4 saturated heterocycles. The van der Waals surface area contributed by atoms with Crippen LogP contribution >= 0.6 is 0 Å². The Hall–Kier alpha value is -0.360. The van der Waals surface area contributed by atoms with Crippen molar-refractivity contribution in [2.75, 3.05) is 6.61 Å². The molecule has 7 unspecified atom stereocenters. The van der Waals surface area contributed by atoms with Crippen LogP contribution in [-0.2, 0) is 47.8 Å². The van der Waals surface area contributed by atoms with Crippen LogP contribution in [0.2, 0.25) is 0 Å². The number of fused-ring (bicyclic) bond motifs is 5. The molecular formula is C41H63NaO17S. The predicted octanol–water partition coefficient (Wildman–Crippen LogP) is -2.05. The molecule has 0 radical (unpaired) electrons. The molecular weight excluding hydrogens is 819 g/mol. The summed E-state index contributed by atoms with van der Waals surface area (Å²) in [5, 5.41) is 68.1. The van der Waals surface area contributed by atoms with Gasteiger partial charge in [0.25, 0.3) is 0 Å². The summed E-state index contributed by atoms with van der Waals surface area (Å²) >= 11 is 0. The van der Waals surface area contributed by atoms with Crippen molar-refractivity contribution in [1.29, 1.82) is 0 Å². The normalized spacial score (nSPS) is 52.3. The second kappa shape index (κ2) is 15.6. The van der Waals surface area contributed by atoms with E-state index in [4.69, 9.17) is 28.4 Å². The monoisotopic (exact) mass is 882 g/mol. The third kappa shape index (κ3) is 6.82. The number of esters is 1. The van der Waals surface area contributed by atoms with Gasteiger partial charge in [-0.15, -0.1) is 0 Å². The van der Waals surface area contributed by atoms with E-state index in [9.17, 15) is 48.4 Å². The number of ether oxygens (including phenoxy) is 6. The van der Waals surface area contributed by atoms with Crippen molar-refractivity contribution >= 4 is 16.4 Å². The summed E-state index contributed by atoms with van der Waals surface area (Å²) < 4.78 is 75.7. The van der Waals surface area contributed by atoms with E-state index in [-0.39, 0.29) is 53.1 Å². The number of allylic oxidation sites excluding steroid dienone is 1. The van der Waals surface area contributed by atoms with E-state index in [1.54, 1.807) is 0 Å². The number of hydrogen-bond acceptors (Lipinski definition) is 17. The molecule has 3 saturated carbocycles. The maximum Gasteiger partial charge on any atom is 1.00 e. The van der Waals surface area contributed by atoms with Crippen molar-refractivity contribution in [3.05, 3.63) is 11.6 Å². The van der Waals surface area contributed by atoms with Crippen LogP contribution in [0.15, 0.2) is 11.6 Å². The number of aliphatic hydroxyl groups is 6. The van der Waals surface area contributed by atoms with Gasteiger partial charge in [0.1, 0.15) is 53.7 Å². The van der Waals surface area contributed by atoms with Crippen molar-refractivity contribution in [3.8, 4) is 0 Å². The zero-order valence-corrected chi connectivity index (χ0v) is 38.9. The summed E-state index contributed by atoms with van der Waals surface area (Å²) in [6.45, 7) is 15.2. The van der Waals surface area contributed by atoms with Gasteiger partial charge in [0.15, 0.2) is 12.6 Å². The molecule has 2 bridgehead atoms.